The second-order valence-electron chi connectivity index (χ2n) is 8.88. The largest absolute Gasteiger partial charge is 0.484 e. The van der Waals surface area contributed by atoms with Crippen molar-refractivity contribution in [1.82, 2.24) is 19.4 Å². The summed E-state index contributed by atoms with van der Waals surface area (Å²) in [5.41, 5.74) is 0.897. The minimum absolute atomic E-state index is 0.0883. The molecule has 0 aliphatic carbocycles. The Kier molecular flexibility index (Phi) is 7.21. The fourth-order valence-corrected chi connectivity index (χ4v) is 4.30. The van der Waals surface area contributed by atoms with E-state index in [-0.39, 0.29) is 24.0 Å². The Morgan fingerprint density at radius 3 is 2.77 bits per heavy atom. The van der Waals surface area contributed by atoms with Crippen LogP contribution in [0.2, 0.25) is 0 Å². The number of ether oxygens (including phenoxy) is 3. The standard InChI is InChI=1S/C26H28FN5O3/c27-23-14-19(15-28)4-5-24(23)34-18-20-2-1-3-26(30-20)35-21-6-10-31(11-7-21)17-25-29-9-12-32(25)16-22-8-13-33-22/h1-5,9,12,14,21-22H,6-8,10-11,13,16-18H2/t22-/m0/s1. The average Bonchev–Trinajstić information content (AvgIpc) is 3.28. The number of hydrogen-bond donors (Lipinski definition) is 0. The molecule has 2 saturated heterocycles. The normalized spacial score (nSPS) is 18.6. The summed E-state index contributed by atoms with van der Waals surface area (Å²) in [6.45, 7) is 4.53. The quantitative estimate of drug-likeness (QED) is 0.465. The number of rotatable bonds is 9. The van der Waals surface area contributed by atoms with Crippen LogP contribution < -0.4 is 9.47 Å². The molecule has 35 heavy (non-hydrogen) atoms. The highest BCUT2D eigenvalue weighted by molar-refractivity contribution is 5.36. The molecule has 2 fully saturated rings. The van der Waals surface area contributed by atoms with Gasteiger partial charge in [-0.1, -0.05) is 6.07 Å². The molecule has 0 unspecified atom stereocenters. The molecule has 9 heteroatoms. The number of halogens is 1. The third-order valence-corrected chi connectivity index (χ3v) is 6.40. The number of benzene rings is 1. The molecule has 0 spiro atoms. The number of nitriles is 1. The van der Waals surface area contributed by atoms with Crippen molar-refractivity contribution in [2.75, 3.05) is 19.7 Å². The molecule has 182 valence electrons. The van der Waals surface area contributed by atoms with E-state index in [1.54, 1.807) is 0 Å². The van der Waals surface area contributed by atoms with Crippen molar-refractivity contribution in [3.05, 3.63) is 71.7 Å². The van der Waals surface area contributed by atoms with Crippen LogP contribution in [-0.2, 0) is 24.4 Å². The van der Waals surface area contributed by atoms with Crippen LogP contribution in [0.5, 0.6) is 11.6 Å². The van der Waals surface area contributed by atoms with Gasteiger partial charge < -0.3 is 18.8 Å². The van der Waals surface area contributed by atoms with Gasteiger partial charge in [0.25, 0.3) is 0 Å². The maximum atomic E-state index is 14.0. The van der Waals surface area contributed by atoms with E-state index in [0.717, 1.165) is 63.9 Å². The van der Waals surface area contributed by atoms with E-state index >= 15 is 0 Å². The zero-order valence-corrected chi connectivity index (χ0v) is 19.5. The van der Waals surface area contributed by atoms with Crippen LogP contribution in [0.1, 0.15) is 36.3 Å². The fraction of sp³-hybridized carbons (Fsp3) is 0.423. The SMILES string of the molecule is N#Cc1ccc(OCc2cccc(OC3CCN(Cc4nccn4C[C@@H]4CCO4)CC3)n2)c(F)c1. The Morgan fingerprint density at radius 2 is 2.03 bits per heavy atom. The summed E-state index contributed by atoms with van der Waals surface area (Å²) < 4.78 is 33.5. The van der Waals surface area contributed by atoms with E-state index in [0.29, 0.717) is 17.7 Å². The number of hydrogen-bond acceptors (Lipinski definition) is 7. The van der Waals surface area contributed by atoms with Gasteiger partial charge in [-0.3, -0.25) is 4.90 Å². The number of likely N-dealkylation sites (tertiary alicyclic amines) is 1. The maximum absolute atomic E-state index is 14.0. The molecular weight excluding hydrogens is 449 g/mol. The number of nitrogens with zero attached hydrogens (tertiary/aromatic N) is 5. The van der Waals surface area contributed by atoms with Crippen molar-refractivity contribution in [2.45, 2.75) is 51.2 Å². The molecule has 2 aromatic heterocycles. The van der Waals surface area contributed by atoms with Gasteiger partial charge >= 0.3 is 0 Å². The van der Waals surface area contributed by atoms with Gasteiger partial charge in [-0.05, 0) is 43.5 Å². The predicted octanol–water partition coefficient (Wildman–Crippen LogP) is 3.70. The highest BCUT2D eigenvalue weighted by Gasteiger charge is 2.24. The number of piperidine rings is 1. The first-order valence-corrected chi connectivity index (χ1v) is 12.0. The lowest BCUT2D eigenvalue weighted by atomic mass is 10.1. The molecule has 3 aromatic rings. The molecule has 0 N–H and O–H groups in total. The van der Waals surface area contributed by atoms with Crippen molar-refractivity contribution in [2.24, 2.45) is 0 Å². The number of imidazole rings is 1. The molecule has 0 radical (unpaired) electrons. The van der Waals surface area contributed by atoms with Gasteiger partial charge in [-0.15, -0.1) is 0 Å². The first kappa shape index (κ1) is 23.3. The minimum Gasteiger partial charge on any atom is -0.484 e. The zero-order valence-electron chi connectivity index (χ0n) is 19.5. The average molecular weight is 478 g/mol. The van der Waals surface area contributed by atoms with E-state index in [1.807, 2.05) is 36.7 Å². The highest BCUT2D eigenvalue weighted by Crippen LogP contribution is 2.22. The third-order valence-electron chi connectivity index (χ3n) is 6.40. The van der Waals surface area contributed by atoms with Gasteiger partial charge in [0, 0.05) is 38.2 Å². The third kappa shape index (κ3) is 5.96. The van der Waals surface area contributed by atoms with Crippen molar-refractivity contribution in [3.63, 3.8) is 0 Å². The van der Waals surface area contributed by atoms with Crippen LogP contribution in [0.4, 0.5) is 4.39 Å². The molecule has 0 saturated carbocycles. The minimum atomic E-state index is -0.568. The summed E-state index contributed by atoms with van der Waals surface area (Å²) in [7, 11) is 0. The number of pyridine rings is 1. The Balaban J connectivity index is 1.09. The van der Waals surface area contributed by atoms with Gasteiger partial charge in [0.1, 0.15) is 18.5 Å². The van der Waals surface area contributed by atoms with Crippen molar-refractivity contribution in [1.29, 1.82) is 5.26 Å². The van der Waals surface area contributed by atoms with Crippen molar-refractivity contribution >= 4 is 0 Å². The molecule has 2 aliphatic heterocycles. The van der Waals surface area contributed by atoms with E-state index < -0.39 is 5.82 Å². The predicted molar refractivity (Wildman–Crippen MR) is 125 cm³/mol. The van der Waals surface area contributed by atoms with Gasteiger partial charge in [-0.2, -0.15) is 5.26 Å². The summed E-state index contributed by atoms with van der Waals surface area (Å²) in [4.78, 5) is 11.5. The van der Waals surface area contributed by atoms with Gasteiger partial charge in [0.15, 0.2) is 11.6 Å². The molecular formula is C26H28FN5O3. The monoisotopic (exact) mass is 477 g/mol. The Morgan fingerprint density at radius 1 is 1.17 bits per heavy atom. The van der Waals surface area contributed by atoms with Crippen LogP contribution in [0.3, 0.4) is 0 Å². The lowest BCUT2D eigenvalue weighted by Gasteiger charge is -2.32. The molecule has 8 nitrogen and oxygen atoms in total. The topological polar surface area (TPSA) is 85.4 Å². The van der Waals surface area contributed by atoms with Crippen LogP contribution in [0.25, 0.3) is 0 Å². The first-order chi connectivity index (χ1) is 17.2. The molecule has 5 rings (SSSR count). The maximum Gasteiger partial charge on any atom is 0.213 e. The second kappa shape index (κ2) is 10.8. The molecule has 4 heterocycles. The number of aromatic nitrogens is 3. The summed E-state index contributed by atoms with van der Waals surface area (Å²) >= 11 is 0. The molecule has 1 atom stereocenters. The summed E-state index contributed by atoms with van der Waals surface area (Å²) in [6.07, 6.45) is 7.24. The second-order valence-corrected chi connectivity index (χ2v) is 8.88. The van der Waals surface area contributed by atoms with Crippen LogP contribution in [0.15, 0.2) is 48.8 Å². The van der Waals surface area contributed by atoms with Crippen molar-refractivity contribution < 1.29 is 18.6 Å². The lowest BCUT2D eigenvalue weighted by molar-refractivity contribution is -0.0598. The summed E-state index contributed by atoms with van der Waals surface area (Å²) in [6, 6.07) is 11.5. The Bertz CT molecular complexity index is 1180. The van der Waals surface area contributed by atoms with Gasteiger partial charge in [-0.25, -0.2) is 14.4 Å². The molecule has 2 aliphatic rings. The van der Waals surface area contributed by atoms with Gasteiger partial charge in [0.05, 0.1) is 36.5 Å². The van der Waals surface area contributed by atoms with Crippen LogP contribution in [-0.4, -0.2) is 51.3 Å². The highest BCUT2D eigenvalue weighted by atomic mass is 19.1. The molecule has 0 bridgehead atoms. The lowest BCUT2D eigenvalue weighted by Crippen LogP contribution is -2.39. The zero-order chi connectivity index (χ0) is 24.0. The molecule has 1 aromatic carbocycles. The van der Waals surface area contributed by atoms with Crippen LogP contribution >= 0.6 is 0 Å². The Labute approximate surface area is 203 Å². The Hall–Kier alpha value is -3.48. The fourth-order valence-electron chi connectivity index (χ4n) is 4.30. The van der Waals surface area contributed by atoms with E-state index in [2.05, 4.69) is 19.4 Å². The van der Waals surface area contributed by atoms with Crippen molar-refractivity contribution in [3.8, 4) is 17.7 Å². The molecule has 0 amide bonds. The summed E-state index contributed by atoms with van der Waals surface area (Å²) in [5, 5.41) is 8.86. The van der Waals surface area contributed by atoms with E-state index in [9.17, 15) is 4.39 Å². The van der Waals surface area contributed by atoms with Crippen LogP contribution in [0, 0.1) is 17.1 Å². The first-order valence-electron chi connectivity index (χ1n) is 12.0. The summed E-state index contributed by atoms with van der Waals surface area (Å²) in [5.74, 6) is 1.14. The smallest absolute Gasteiger partial charge is 0.213 e. The van der Waals surface area contributed by atoms with Gasteiger partial charge in [0.2, 0.25) is 5.88 Å². The van der Waals surface area contributed by atoms with E-state index in [1.165, 1.54) is 12.1 Å². The van der Waals surface area contributed by atoms with E-state index in [4.69, 9.17) is 19.5 Å².